The molecule has 8 heteroatoms. The molecule has 0 aliphatic carbocycles. The second-order valence-electron chi connectivity index (χ2n) is 3.26. The molecule has 0 radical (unpaired) electrons. The largest absolute Gasteiger partial charge is 0.447 e. The number of nitro groups is 1. The highest BCUT2D eigenvalue weighted by Gasteiger charge is 2.30. The first-order valence-electron chi connectivity index (χ1n) is 4.45. The van der Waals surface area contributed by atoms with Crippen LogP contribution in [0.1, 0.15) is 11.6 Å². The maximum Gasteiger partial charge on any atom is 0.407 e. The molecule has 1 aromatic rings. The molecule has 0 aromatic heterocycles. The van der Waals surface area contributed by atoms with Crippen molar-refractivity contribution in [1.29, 1.82) is 0 Å². The van der Waals surface area contributed by atoms with Gasteiger partial charge < -0.3 is 10.1 Å². The number of amides is 1. The second-order valence-corrected chi connectivity index (χ2v) is 3.26. The fraction of sp³-hybridized carbons (Fsp3) is 0.222. The molecule has 1 saturated heterocycles. The number of nitrogens with zero attached hydrogens (tertiary/aromatic N) is 1. The highest BCUT2D eigenvalue weighted by atomic mass is 35.5. The van der Waals surface area contributed by atoms with E-state index in [4.69, 9.17) is 0 Å². The molecule has 0 saturated carbocycles. The molecule has 1 fully saturated rings. The van der Waals surface area contributed by atoms with Crippen molar-refractivity contribution in [3.63, 3.8) is 0 Å². The first-order valence-corrected chi connectivity index (χ1v) is 4.45. The van der Waals surface area contributed by atoms with Gasteiger partial charge in [0.1, 0.15) is 12.4 Å². The molecule has 6 nitrogen and oxygen atoms in total. The number of hydrogen-bond donors (Lipinski definition) is 1. The Morgan fingerprint density at radius 3 is 2.76 bits per heavy atom. The lowest BCUT2D eigenvalue weighted by atomic mass is 10.1. The van der Waals surface area contributed by atoms with Gasteiger partial charge in [-0.3, -0.25) is 10.1 Å². The van der Waals surface area contributed by atoms with Gasteiger partial charge in [-0.2, -0.15) is 0 Å². The van der Waals surface area contributed by atoms with E-state index < -0.39 is 22.9 Å². The number of rotatable bonds is 2. The van der Waals surface area contributed by atoms with Crippen LogP contribution < -0.4 is 5.32 Å². The number of carbonyl (C=O) groups is 1. The van der Waals surface area contributed by atoms with E-state index in [2.05, 4.69) is 10.1 Å². The molecule has 2 rings (SSSR count). The predicted octanol–water partition coefficient (Wildman–Crippen LogP) is 1.94. The third kappa shape index (κ3) is 2.62. The summed E-state index contributed by atoms with van der Waals surface area (Å²) in [7, 11) is 0. The summed E-state index contributed by atoms with van der Waals surface area (Å²) in [5.74, 6) is -0.596. The van der Waals surface area contributed by atoms with Crippen LogP contribution in [0.3, 0.4) is 0 Å². The minimum Gasteiger partial charge on any atom is -0.447 e. The van der Waals surface area contributed by atoms with Crippen LogP contribution in [0.4, 0.5) is 14.9 Å². The fourth-order valence-electron chi connectivity index (χ4n) is 1.52. The summed E-state index contributed by atoms with van der Waals surface area (Å²) in [4.78, 5) is 20.9. The average Bonchev–Trinajstić information content (AvgIpc) is 2.64. The van der Waals surface area contributed by atoms with E-state index in [1.54, 1.807) is 0 Å². The van der Waals surface area contributed by atoms with E-state index >= 15 is 0 Å². The van der Waals surface area contributed by atoms with Gasteiger partial charge in [-0.05, 0) is 12.1 Å². The quantitative estimate of drug-likeness (QED) is 0.652. The van der Waals surface area contributed by atoms with Crippen molar-refractivity contribution in [1.82, 2.24) is 5.32 Å². The van der Waals surface area contributed by atoms with Gasteiger partial charge in [-0.15, -0.1) is 12.4 Å². The summed E-state index contributed by atoms with van der Waals surface area (Å²) in [5.41, 5.74) is -0.131. The maximum atomic E-state index is 13.0. The lowest BCUT2D eigenvalue weighted by Crippen LogP contribution is -2.19. The van der Waals surface area contributed by atoms with E-state index in [9.17, 15) is 19.3 Å². The van der Waals surface area contributed by atoms with E-state index in [1.807, 2.05) is 0 Å². The Kier molecular flexibility index (Phi) is 3.84. The number of benzene rings is 1. The lowest BCUT2D eigenvalue weighted by molar-refractivity contribution is -0.385. The van der Waals surface area contributed by atoms with Gasteiger partial charge >= 0.3 is 6.09 Å². The first-order chi connectivity index (χ1) is 7.58. The number of nitro benzene ring substituents is 1. The van der Waals surface area contributed by atoms with Crippen molar-refractivity contribution in [2.45, 2.75) is 6.04 Å². The maximum absolute atomic E-state index is 13.0. The van der Waals surface area contributed by atoms with Gasteiger partial charge in [0.25, 0.3) is 5.69 Å². The number of carbonyl (C=O) groups excluding carboxylic acids is 1. The second kappa shape index (κ2) is 4.96. The van der Waals surface area contributed by atoms with Crippen LogP contribution in [0.15, 0.2) is 18.2 Å². The summed E-state index contributed by atoms with van der Waals surface area (Å²) in [5, 5.41) is 13.1. The summed E-state index contributed by atoms with van der Waals surface area (Å²) in [6, 6.07) is 2.41. The van der Waals surface area contributed by atoms with Crippen molar-refractivity contribution in [3.05, 3.63) is 39.7 Å². The Morgan fingerprint density at radius 1 is 1.53 bits per heavy atom. The number of ether oxygens (including phenoxy) is 1. The molecule has 0 spiro atoms. The van der Waals surface area contributed by atoms with E-state index in [0.717, 1.165) is 18.2 Å². The Labute approximate surface area is 101 Å². The van der Waals surface area contributed by atoms with Crippen LogP contribution in [0.5, 0.6) is 0 Å². The summed E-state index contributed by atoms with van der Waals surface area (Å²) in [6.07, 6.45) is -0.663. The SMILES string of the molecule is Cl.O=C1N[C@H](c2cc(F)ccc2[N+](=O)[O-])CO1. The number of hydrogen-bond acceptors (Lipinski definition) is 4. The van der Waals surface area contributed by atoms with Crippen molar-refractivity contribution in [2.24, 2.45) is 0 Å². The zero-order valence-electron chi connectivity index (χ0n) is 8.38. The van der Waals surface area contributed by atoms with Crippen LogP contribution in [-0.4, -0.2) is 17.6 Å². The summed E-state index contributed by atoms with van der Waals surface area (Å²) in [6.45, 7) is -0.0386. The molecule has 1 amide bonds. The van der Waals surface area contributed by atoms with Gasteiger partial charge in [-0.1, -0.05) is 0 Å². The molecular formula is C9H8ClFN2O4. The molecule has 1 aliphatic heterocycles. The van der Waals surface area contributed by atoms with Crippen molar-refractivity contribution >= 4 is 24.2 Å². The molecule has 92 valence electrons. The van der Waals surface area contributed by atoms with Gasteiger partial charge in [0.15, 0.2) is 0 Å². The monoisotopic (exact) mass is 262 g/mol. The third-order valence-electron chi connectivity index (χ3n) is 2.23. The van der Waals surface area contributed by atoms with Crippen molar-refractivity contribution < 1.29 is 18.8 Å². The summed E-state index contributed by atoms with van der Waals surface area (Å²) >= 11 is 0. The average molecular weight is 263 g/mol. The highest BCUT2D eigenvalue weighted by molar-refractivity contribution is 5.85. The molecule has 1 N–H and O–H groups in total. The first kappa shape index (κ1) is 13.2. The van der Waals surface area contributed by atoms with Gasteiger partial charge in [-0.25, -0.2) is 9.18 Å². The molecule has 0 bridgehead atoms. The zero-order chi connectivity index (χ0) is 11.7. The minimum atomic E-state index is -0.677. The number of cyclic esters (lactones) is 1. The minimum absolute atomic E-state index is 0. The van der Waals surface area contributed by atoms with Crippen LogP contribution in [-0.2, 0) is 4.74 Å². The van der Waals surface area contributed by atoms with Crippen LogP contribution in [0.25, 0.3) is 0 Å². The Balaban J connectivity index is 0.00000144. The van der Waals surface area contributed by atoms with E-state index in [0.29, 0.717) is 0 Å². The number of nitrogens with one attached hydrogen (secondary N) is 1. The Bertz CT molecular complexity index is 468. The molecule has 17 heavy (non-hydrogen) atoms. The van der Waals surface area contributed by atoms with Crippen LogP contribution in [0.2, 0.25) is 0 Å². The van der Waals surface area contributed by atoms with Gasteiger partial charge in [0.2, 0.25) is 0 Å². The molecule has 1 aliphatic rings. The molecule has 1 heterocycles. The van der Waals surface area contributed by atoms with Crippen molar-refractivity contribution in [3.8, 4) is 0 Å². The highest BCUT2D eigenvalue weighted by Crippen LogP contribution is 2.28. The van der Waals surface area contributed by atoms with Crippen LogP contribution >= 0.6 is 12.4 Å². The van der Waals surface area contributed by atoms with Gasteiger partial charge in [0, 0.05) is 6.07 Å². The lowest BCUT2D eigenvalue weighted by Gasteiger charge is -2.07. The normalized spacial score (nSPS) is 17.9. The molecule has 1 atom stereocenters. The molecule has 0 unspecified atom stereocenters. The predicted molar refractivity (Wildman–Crippen MR) is 57.5 cm³/mol. The number of halogens is 2. The van der Waals surface area contributed by atoms with Gasteiger partial charge in [0.05, 0.1) is 16.5 Å². The summed E-state index contributed by atoms with van der Waals surface area (Å²) < 4.78 is 17.6. The topological polar surface area (TPSA) is 81.5 Å². The zero-order valence-corrected chi connectivity index (χ0v) is 9.20. The standard InChI is InChI=1S/C9H7FN2O4.ClH/c10-5-1-2-8(12(14)15)6(3-5)7-4-16-9(13)11-7;/h1-3,7H,4H2,(H,11,13);1H/t7-;/m0./s1. The number of alkyl carbamates (subject to hydrolysis) is 1. The Hall–Kier alpha value is -1.89. The molecule has 1 aromatic carbocycles. The van der Waals surface area contributed by atoms with E-state index in [1.165, 1.54) is 0 Å². The molecular weight excluding hydrogens is 255 g/mol. The van der Waals surface area contributed by atoms with Crippen molar-refractivity contribution in [2.75, 3.05) is 6.61 Å². The fourth-order valence-corrected chi connectivity index (χ4v) is 1.52. The van der Waals surface area contributed by atoms with E-state index in [-0.39, 0.29) is 30.3 Å². The smallest absolute Gasteiger partial charge is 0.407 e. The third-order valence-corrected chi connectivity index (χ3v) is 2.23. The Morgan fingerprint density at radius 2 is 2.24 bits per heavy atom. The van der Waals surface area contributed by atoms with Crippen LogP contribution in [0, 0.1) is 15.9 Å².